The number of carbonyl (C=O) groups is 2. The van der Waals surface area contributed by atoms with Crippen LogP contribution in [-0.4, -0.2) is 75.7 Å². The van der Waals surface area contributed by atoms with Crippen molar-refractivity contribution in [2.75, 3.05) is 53.9 Å². The number of urea groups is 1. The van der Waals surface area contributed by atoms with Crippen molar-refractivity contribution in [1.82, 2.24) is 15.1 Å². The SMILES string of the molecule is COC(=O)c1ccc(CCC2(CN)CCN(C(=O)NCCN(C)C)CC2)cc1. The third-order valence-corrected chi connectivity index (χ3v) is 5.70. The molecule has 2 rings (SSSR count). The third-order valence-electron chi connectivity index (χ3n) is 5.70. The van der Waals surface area contributed by atoms with Crippen LogP contribution in [0.4, 0.5) is 4.79 Å². The Labute approximate surface area is 168 Å². The average Bonchev–Trinajstić information content (AvgIpc) is 2.72. The van der Waals surface area contributed by atoms with Crippen molar-refractivity contribution >= 4 is 12.0 Å². The predicted octanol–water partition coefficient (Wildman–Crippen LogP) is 1.72. The maximum atomic E-state index is 12.3. The Balaban J connectivity index is 1.83. The molecule has 0 radical (unpaired) electrons. The summed E-state index contributed by atoms with van der Waals surface area (Å²) >= 11 is 0. The van der Waals surface area contributed by atoms with Gasteiger partial charge in [-0.1, -0.05) is 12.1 Å². The normalized spacial score (nSPS) is 16.1. The Hall–Kier alpha value is -2.12. The quantitative estimate of drug-likeness (QED) is 0.660. The van der Waals surface area contributed by atoms with E-state index in [1.54, 1.807) is 12.1 Å². The first-order valence-electron chi connectivity index (χ1n) is 9.94. The van der Waals surface area contributed by atoms with Crippen molar-refractivity contribution in [3.05, 3.63) is 35.4 Å². The predicted molar refractivity (Wildman–Crippen MR) is 110 cm³/mol. The van der Waals surface area contributed by atoms with Crippen molar-refractivity contribution in [3.8, 4) is 0 Å². The largest absolute Gasteiger partial charge is 0.465 e. The Morgan fingerprint density at radius 1 is 1.21 bits per heavy atom. The number of esters is 1. The summed E-state index contributed by atoms with van der Waals surface area (Å²) in [6.45, 7) is 3.61. The summed E-state index contributed by atoms with van der Waals surface area (Å²) < 4.78 is 4.74. The first-order valence-corrected chi connectivity index (χ1v) is 9.94. The van der Waals surface area contributed by atoms with E-state index in [0.717, 1.165) is 45.3 Å². The number of hydrogen-bond donors (Lipinski definition) is 2. The zero-order valence-corrected chi connectivity index (χ0v) is 17.4. The molecule has 0 saturated carbocycles. The second-order valence-electron chi connectivity index (χ2n) is 7.91. The average molecular weight is 391 g/mol. The number of ether oxygens (including phenoxy) is 1. The molecule has 156 valence electrons. The second kappa shape index (κ2) is 10.4. The van der Waals surface area contributed by atoms with E-state index < -0.39 is 0 Å². The van der Waals surface area contributed by atoms with Crippen LogP contribution in [0.25, 0.3) is 0 Å². The van der Waals surface area contributed by atoms with Crippen LogP contribution >= 0.6 is 0 Å². The van der Waals surface area contributed by atoms with Gasteiger partial charge in [-0.3, -0.25) is 0 Å². The topological polar surface area (TPSA) is 87.9 Å². The highest BCUT2D eigenvalue weighted by atomic mass is 16.5. The second-order valence-corrected chi connectivity index (χ2v) is 7.91. The summed E-state index contributed by atoms with van der Waals surface area (Å²) in [7, 11) is 5.37. The van der Waals surface area contributed by atoms with Gasteiger partial charge in [-0.2, -0.15) is 0 Å². The zero-order chi connectivity index (χ0) is 20.6. The molecule has 0 unspecified atom stereocenters. The smallest absolute Gasteiger partial charge is 0.337 e. The highest BCUT2D eigenvalue weighted by molar-refractivity contribution is 5.89. The molecular weight excluding hydrogens is 356 g/mol. The summed E-state index contributed by atoms with van der Waals surface area (Å²) in [6.07, 6.45) is 3.74. The van der Waals surface area contributed by atoms with Crippen LogP contribution in [0.5, 0.6) is 0 Å². The minimum absolute atomic E-state index is 0.0193. The summed E-state index contributed by atoms with van der Waals surface area (Å²) in [5.41, 5.74) is 7.95. The van der Waals surface area contributed by atoms with Gasteiger partial charge >= 0.3 is 12.0 Å². The van der Waals surface area contributed by atoms with Crippen LogP contribution in [0.2, 0.25) is 0 Å². The standard InChI is InChI=1S/C21H34N4O3/c1-24(2)15-12-23-20(27)25-13-10-21(16-22,11-14-25)9-8-17-4-6-18(7-5-17)19(26)28-3/h4-7H,8-16,22H2,1-3H3,(H,23,27). The molecule has 7 heteroatoms. The van der Waals surface area contributed by atoms with E-state index in [2.05, 4.69) is 5.32 Å². The number of nitrogens with two attached hydrogens (primary N) is 1. The minimum Gasteiger partial charge on any atom is -0.465 e. The van der Waals surface area contributed by atoms with Crippen molar-refractivity contribution in [3.63, 3.8) is 0 Å². The van der Waals surface area contributed by atoms with Crippen molar-refractivity contribution in [2.24, 2.45) is 11.1 Å². The molecule has 0 aliphatic carbocycles. The number of nitrogens with one attached hydrogen (secondary N) is 1. The van der Waals surface area contributed by atoms with Crippen molar-refractivity contribution in [1.29, 1.82) is 0 Å². The van der Waals surface area contributed by atoms with Crippen molar-refractivity contribution in [2.45, 2.75) is 25.7 Å². The van der Waals surface area contributed by atoms with Gasteiger partial charge in [0.05, 0.1) is 12.7 Å². The van der Waals surface area contributed by atoms with Gasteiger partial charge in [-0.25, -0.2) is 9.59 Å². The van der Waals surface area contributed by atoms with E-state index >= 15 is 0 Å². The monoisotopic (exact) mass is 390 g/mol. The number of amides is 2. The van der Waals surface area contributed by atoms with Gasteiger partial charge < -0.3 is 25.6 Å². The number of nitrogens with zero attached hydrogens (tertiary/aromatic N) is 2. The fraction of sp³-hybridized carbons (Fsp3) is 0.619. The van der Waals surface area contributed by atoms with Crippen LogP contribution in [0.3, 0.4) is 0 Å². The number of methoxy groups -OCH3 is 1. The van der Waals surface area contributed by atoms with Crippen LogP contribution in [0.15, 0.2) is 24.3 Å². The summed E-state index contributed by atoms with van der Waals surface area (Å²) in [5, 5.41) is 2.98. The van der Waals surface area contributed by atoms with E-state index in [4.69, 9.17) is 10.5 Å². The number of piperidine rings is 1. The first kappa shape index (κ1) is 22.2. The third kappa shape index (κ3) is 6.21. The van der Waals surface area contributed by atoms with E-state index in [1.165, 1.54) is 12.7 Å². The summed E-state index contributed by atoms with van der Waals surface area (Å²) in [6, 6.07) is 7.58. The Morgan fingerprint density at radius 2 is 1.86 bits per heavy atom. The molecule has 0 bridgehead atoms. The lowest BCUT2D eigenvalue weighted by atomic mass is 9.74. The van der Waals surface area contributed by atoms with Gasteiger partial charge in [-0.15, -0.1) is 0 Å². The number of likely N-dealkylation sites (N-methyl/N-ethyl adjacent to an activating group) is 1. The molecule has 1 fully saturated rings. The number of hydrogen-bond acceptors (Lipinski definition) is 5. The molecule has 28 heavy (non-hydrogen) atoms. The highest BCUT2D eigenvalue weighted by Gasteiger charge is 2.34. The molecule has 0 spiro atoms. The van der Waals surface area contributed by atoms with Gasteiger partial charge in [0.25, 0.3) is 0 Å². The fourth-order valence-electron chi connectivity index (χ4n) is 3.57. The highest BCUT2D eigenvalue weighted by Crippen LogP contribution is 2.35. The molecular formula is C21H34N4O3. The lowest BCUT2D eigenvalue weighted by Gasteiger charge is -2.41. The zero-order valence-electron chi connectivity index (χ0n) is 17.4. The van der Waals surface area contributed by atoms with Crippen LogP contribution < -0.4 is 11.1 Å². The van der Waals surface area contributed by atoms with Gasteiger partial charge in [-0.05, 0) is 69.4 Å². The van der Waals surface area contributed by atoms with E-state index in [-0.39, 0.29) is 17.4 Å². The van der Waals surface area contributed by atoms with Gasteiger partial charge in [0, 0.05) is 26.2 Å². The molecule has 1 saturated heterocycles. The maximum Gasteiger partial charge on any atom is 0.337 e. The van der Waals surface area contributed by atoms with Gasteiger partial charge in [0.1, 0.15) is 0 Å². The number of benzene rings is 1. The van der Waals surface area contributed by atoms with Crippen LogP contribution in [-0.2, 0) is 11.2 Å². The molecule has 1 aromatic carbocycles. The maximum absolute atomic E-state index is 12.3. The molecule has 1 aliphatic heterocycles. The molecule has 0 atom stereocenters. The molecule has 1 aromatic rings. The Kier molecular flexibility index (Phi) is 8.26. The van der Waals surface area contributed by atoms with E-state index in [1.807, 2.05) is 36.0 Å². The number of rotatable bonds is 8. The molecule has 2 amide bonds. The van der Waals surface area contributed by atoms with E-state index in [0.29, 0.717) is 18.7 Å². The summed E-state index contributed by atoms with van der Waals surface area (Å²) in [5.74, 6) is -0.318. The van der Waals surface area contributed by atoms with Gasteiger partial charge in [0.15, 0.2) is 0 Å². The van der Waals surface area contributed by atoms with E-state index in [9.17, 15) is 9.59 Å². The number of carbonyl (C=O) groups excluding carboxylic acids is 2. The Morgan fingerprint density at radius 3 is 2.39 bits per heavy atom. The minimum atomic E-state index is -0.318. The van der Waals surface area contributed by atoms with Crippen molar-refractivity contribution < 1.29 is 14.3 Å². The first-order chi connectivity index (χ1) is 13.4. The summed E-state index contributed by atoms with van der Waals surface area (Å²) in [4.78, 5) is 27.8. The lowest BCUT2D eigenvalue weighted by molar-refractivity contribution is 0.0600. The lowest BCUT2D eigenvalue weighted by Crippen LogP contribution is -2.50. The molecule has 1 aliphatic rings. The number of likely N-dealkylation sites (tertiary alicyclic amines) is 1. The van der Waals surface area contributed by atoms with Gasteiger partial charge in [0.2, 0.25) is 0 Å². The van der Waals surface area contributed by atoms with Crippen LogP contribution in [0.1, 0.15) is 35.2 Å². The molecule has 7 nitrogen and oxygen atoms in total. The fourth-order valence-corrected chi connectivity index (χ4v) is 3.57. The Bertz CT molecular complexity index is 638. The molecule has 3 N–H and O–H groups in total. The van der Waals surface area contributed by atoms with Crippen LogP contribution in [0, 0.1) is 5.41 Å². The molecule has 1 heterocycles. The number of aryl methyl sites for hydroxylation is 1. The molecule has 0 aromatic heterocycles.